The van der Waals surface area contributed by atoms with E-state index in [2.05, 4.69) is 10.6 Å². The lowest BCUT2D eigenvalue weighted by molar-refractivity contribution is 0.0393. The molecule has 3 rings (SSSR count). The van der Waals surface area contributed by atoms with Crippen molar-refractivity contribution in [3.05, 3.63) is 33.4 Å². The minimum Gasteiger partial charge on any atom is -0.427 e. The van der Waals surface area contributed by atoms with Crippen molar-refractivity contribution in [1.29, 1.82) is 0 Å². The molecule has 0 bridgehead atoms. The number of rotatable bonds is 5. The highest BCUT2D eigenvalue weighted by Crippen LogP contribution is 2.29. The number of aliphatic hydroxyl groups excluding tert-OH is 1. The van der Waals surface area contributed by atoms with E-state index in [0.29, 0.717) is 23.8 Å². The lowest BCUT2D eigenvalue weighted by Gasteiger charge is -2.31. The van der Waals surface area contributed by atoms with Gasteiger partial charge in [0.1, 0.15) is 11.3 Å². The van der Waals surface area contributed by atoms with Crippen LogP contribution in [0.4, 0.5) is 0 Å². The molecular formula is C18H27ClN2O4. The summed E-state index contributed by atoms with van der Waals surface area (Å²) in [6.07, 6.45) is 4.32. The second-order valence-electron chi connectivity index (χ2n) is 7.07. The summed E-state index contributed by atoms with van der Waals surface area (Å²) in [7, 11) is 0. The number of piperidine rings is 1. The van der Waals surface area contributed by atoms with Gasteiger partial charge in [0.25, 0.3) is 5.91 Å². The normalized spacial score (nSPS) is 25.6. The quantitative estimate of drug-likeness (QED) is 0.734. The standard InChI is InChI=1S/C18H26N2O4.ClH/c1-11-7-15(13-3-2-5-19-10-13)24-18(23)16(11)17(22)20-6-4-12-8-14(21)9-12;/h7,12-14,19,21H,2-6,8-10H2,1H3,(H,20,22);1H. The Labute approximate surface area is 153 Å². The van der Waals surface area contributed by atoms with E-state index >= 15 is 0 Å². The van der Waals surface area contributed by atoms with Crippen molar-refractivity contribution in [3.63, 3.8) is 0 Å². The fraction of sp³-hybridized carbons (Fsp3) is 0.667. The Balaban J connectivity index is 0.00000225. The molecule has 0 spiro atoms. The van der Waals surface area contributed by atoms with Gasteiger partial charge in [0.05, 0.1) is 6.10 Å². The van der Waals surface area contributed by atoms with Gasteiger partial charge in [-0.3, -0.25) is 4.79 Å². The van der Waals surface area contributed by atoms with Gasteiger partial charge in [-0.05, 0) is 63.1 Å². The molecule has 2 heterocycles. The average molecular weight is 371 g/mol. The van der Waals surface area contributed by atoms with Crippen LogP contribution in [0.2, 0.25) is 0 Å². The van der Waals surface area contributed by atoms with Gasteiger partial charge in [-0.1, -0.05) is 0 Å². The first-order valence-electron chi connectivity index (χ1n) is 8.86. The summed E-state index contributed by atoms with van der Waals surface area (Å²) >= 11 is 0. The van der Waals surface area contributed by atoms with Crippen LogP contribution in [-0.2, 0) is 0 Å². The summed E-state index contributed by atoms with van der Waals surface area (Å²) in [5.41, 5.74) is 0.228. The van der Waals surface area contributed by atoms with Crippen molar-refractivity contribution in [1.82, 2.24) is 10.6 Å². The summed E-state index contributed by atoms with van der Waals surface area (Å²) < 4.78 is 5.43. The summed E-state index contributed by atoms with van der Waals surface area (Å²) in [5.74, 6) is 0.977. The fourth-order valence-corrected chi connectivity index (χ4v) is 3.62. The second-order valence-corrected chi connectivity index (χ2v) is 7.07. The van der Waals surface area contributed by atoms with E-state index in [1.165, 1.54) is 0 Å². The summed E-state index contributed by atoms with van der Waals surface area (Å²) in [6.45, 7) is 4.11. The molecule has 1 saturated heterocycles. The largest absolute Gasteiger partial charge is 0.427 e. The van der Waals surface area contributed by atoms with Gasteiger partial charge in [0.15, 0.2) is 0 Å². The maximum absolute atomic E-state index is 12.3. The molecule has 1 amide bonds. The van der Waals surface area contributed by atoms with Crippen LogP contribution in [0.15, 0.2) is 15.3 Å². The van der Waals surface area contributed by atoms with Crippen LogP contribution in [0.1, 0.15) is 59.7 Å². The van der Waals surface area contributed by atoms with Gasteiger partial charge in [-0.25, -0.2) is 4.79 Å². The van der Waals surface area contributed by atoms with Crippen molar-refractivity contribution in [3.8, 4) is 0 Å². The molecule has 7 heteroatoms. The number of carbonyl (C=O) groups excluding carboxylic acids is 1. The van der Waals surface area contributed by atoms with Gasteiger partial charge in [0, 0.05) is 19.0 Å². The van der Waals surface area contributed by atoms with E-state index in [1.54, 1.807) is 6.92 Å². The topological polar surface area (TPSA) is 91.6 Å². The Morgan fingerprint density at radius 3 is 2.80 bits per heavy atom. The van der Waals surface area contributed by atoms with Crippen molar-refractivity contribution in [2.75, 3.05) is 19.6 Å². The Kier molecular flexibility index (Phi) is 7.04. The van der Waals surface area contributed by atoms with E-state index in [9.17, 15) is 14.7 Å². The summed E-state index contributed by atoms with van der Waals surface area (Å²) in [4.78, 5) is 24.6. The minimum atomic E-state index is -0.549. The maximum atomic E-state index is 12.3. The number of hydrogen-bond acceptors (Lipinski definition) is 5. The smallest absolute Gasteiger partial charge is 0.349 e. The zero-order chi connectivity index (χ0) is 17.1. The zero-order valence-electron chi connectivity index (χ0n) is 14.5. The van der Waals surface area contributed by atoms with Crippen molar-refractivity contribution in [2.24, 2.45) is 5.92 Å². The van der Waals surface area contributed by atoms with E-state index in [1.807, 2.05) is 6.07 Å². The Hall–Kier alpha value is -1.37. The molecule has 3 N–H and O–H groups in total. The van der Waals surface area contributed by atoms with Crippen LogP contribution >= 0.6 is 12.4 Å². The molecule has 0 aromatic carbocycles. The minimum absolute atomic E-state index is 0. The van der Waals surface area contributed by atoms with Gasteiger partial charge >= 0.3 is 5.63 Å². The molecule has 0 radical (unpaired) electrons. The maximum Gasteiger partial charge on any atom is 0.349 e. The molecule has 2 aliphatic rings. The van der Waals surface area contributed by atoms with Crippen LogP contribution in [0.3, 0.4) is 0 Å². The van der Waals surface area contributed by atoms with Gasteiger partial charge in [-0.15, -0.1) is 12.4 Å². The number of aryl methyl sites for hydroxylation is 1. The SMILES string of the molecule is Cc1cc(C2CCCNC2)oc(=O)c1C(=O)NCCC1CC(O)C1.Cl. The molecule has 1 aliphatic heterocycles. The lowest BCUT2D eigenvalue weighted by atomic mass is 9.80. The highest BCUT2D eigenvalue weighted by Gasteiger charge is 2.27. The van der Waals surface area contributed by atoms with Crippen LogP contribution in [0, 0.1) is 12.8 Å². The zero-order valence-corrected chi connectivity index (χ0v) is 15.4. The highest BCUT2D eigenvalue weighted by atomic mass is 35.5. The molecule has 1 atom stereocenters. The molecule has 6 nitrogen and oxygen atoms in total. The summed E-state index contributed by atoms with van der Waals surface area (Å²) in [6, 6.07) is 1.83. The molecule has 1 aromatic heterocycles. The molecule has 1 unspecified atom stereocenters. The molecular weight excluding hydrogens is 344 g/mol. The molecule has 1 aromatic rings. The molecule has 1 saturated carbocycles. The average Bonchev–Trinajstić information content (AvgIpc) is 2.53. The van der Waals surface area contributed by atoms with Crippen LogP contribution < -0.4 is 16.3 Å². The van der Waals surface area contributed by atoms with Gasteiger partial charge in [0.2, 0.25) is 0 Å². The molecule has 1 aliphatic carbocycles. The first kappa shape index (κ1) is 19.9. The third-order valence-electron chi connectivity index (χ3n) is 5.14. The molecule has 140 valence electrons. The second kappa shape index (κ2) is 8.83. The van der Waals surface area contributed by atoms with Gasteiger partial charge in [-0.2, -0.15) is 0 Å². The predicted molar refractivity (Wildman–Crippen MR) is 97.5 cm³/mol. The van der Waals surface area contributed by atoms with E-state index in [0.717, 1.165) is 45.2 Å². The van der Waals surface area contributed by atoms with Crippen molar-refractivity contribution in [2.45, 2.75) is 51.0 Å². The fourth-order valence-electron chi connectivity index (χ4n) is 3.62. The van der Waals surface area contributed by atoms with Crippen molar-refractivity contribution < 1.29 is 14.3 Å². The van der Waals surface area contributed by atoms with E-state index < -0.39 is 5.63 Å². The predicted octanol–water partition coefficient (Wildman–Crippen LogP) is 1.73. The van der Waals surface area contributed by atoms with E-state index in [4.69, 9.17) is 4.42 Å². The monoisotopic (exact) mass is 370 g/mol. The Morgan fingerprint density at radius 2 is 2.20 bits per heavy atom. The lowest BCUT2D eigenvalue weighted by Crippen LogP contribution is -2.35. The number of carbonyl (C=O) groups is 1. The first-order chi connectivity index (χ1) is 11.5. The molecule has 25 heavy (non-hydrogen) atoms. The van der Waals surface area contributed by atoms with E-state index in [-0.39, 0.29) is 35.9 Å². The Bertz CT molecular complexity index is 649. The molecule has 2 fully saturated rings. The van der Waals surface area contributed by atoms with Crippen LogP contribution in [0.25, 0.3) is 0 Å². The summed E-state index contributed by atoms with van der Waals surface area (Å²) in [5, 5.41) is 15.4. The highest BCUT2D eigenvalue weighted by molar-refractivity contribution is 5.95. The third-order valence-corrected chi connectivity index (χ3v) is 5.14. The number of aliphatic hydroxyl groups is 1. The van der Waals surface area contributed by atoms with Crippen LogP contribution in [-0.4, -0.2) is 36.8 Å². The van der Waals surface area contributed by atoms with Gasteiger partial charge < -0.3 is 20.2 Å². The number of amides is 1. The van der Waals surface area contributed by atoms with Crippen LogP contribution in [0.5, 0.6) is 0 Å². The number of nitrogens with one attached hydrogen (secondary N) is 2. The number of hydrogen-bond donors (Lipinski definition) is 3. The van der Waals surface area contributed by atoms with Crippen molar-refractivity contribution >= 4 is 18.3 Å². The third kappa shape index (κ3) is 4.84. The Morgan fingerprint density at radius 1 is 1.44 bits per heavy atom. The first-order valence-corrected chi connectivity index (χ1v) is 8.86. The number of halogens is 1.